The van der Waals surface area contributed by atoms with E-state index in [4.69, 9.17) is 4.74 Å². The van der Waals surface area contributed by atoms with E-state index in [1.807, 2.05) is 6.07 Å². The van der Waals surface area contributed by atoms with Crippen LogP contribution in [0.15, 0.2) is 42.5 Å². The fourth-order valence-corrected chi connectivity index (χ4v) is 5.21. The molecule has 0 atom stereocenters. The van der Waals surface area contributed by atoms with E-state index in [-0.39, 0.29) is 17.7 Å². The highest BCUT2D eigenvalue weighted by atomic mass is 19.2. The molecule has 5 rings (SSSR count). The Labute approximate surface area is 210 Å². The molecule has 0 saturated carbocycles. The fraction of sp³-hybridized carbons (Fsp3) is 0.464. The van der Waals surface area contributed by atoms with E-state index in [0.29, 0.717) is 16.8 Å². The number of nitrogens with zero attached hydrogens (tertiary/aromatic N) is 2. The van der Waals surface area contributed by atoms with Crippen molar-refractivity contribution >= 4 is 16.8 Å². The maximum atomic E-state index is 13.6. The molecule has 0 unspecified atom stereocenters. The summed E-state index contributed by atoms with van der Waals surface area (Å²) in [5.74, 6) is -1.39. The van der Waals surface area contributed by atoms with Crippen LogP contribution in [0.3, 0.4) is 0 Å². The predicted octanol–water partition coefficient (Wildman–Crippen LogP) is 5.31. The number of carbonyl (C=O) groups is 1. The number of aromatic nitrogens is 1. The average molecular weight is 497 g/mol. The maximum Gasteiger partial charge on any atom is 0.267 e. The Morgan fingerprint density at radius 1 is 0.917 bits per heavy atom. The third-order valence-corrected chi connectivity index (χ3v) is 7.34. The van der Waals surface area contributed by atoms with Crippen LogP contribution in [-0.2, 0) is 0 Å². The number of halogens is 2. The van der Waals surface area contributed by atoms with Crippen LogP contribution >= 0.6 is 0 Å². The van der Waals surface area contributed by atoms with E-state index < -0.39 is 11.6 Å². The molecule has 3 heterocycles. The van der Waals surface area contributed by atoms with Gasteiger partial charge in [-0.1, -0.05) is 18.9 Å². The van der Waals surface area contributed by atoms with Crippen molar-refractivity contribution < 1.29 is 18.3 Å². The van der Waals surface area contributed by atoms with Gasteiger partial charge in [-0.2, -0.15) is 0 Å². The van der Waals surface area contributed by atoms with E-state index in [2.05, 4.69) is 20.1 Å². The Morgan fingerprint density at radius 2 is 1.64 bits per heavy atom. The molecular formula is C28H34F2N4O2. The van der Waals surface area contributed by atoms with Crippen LogP contribution < -0.4 is 10.1 Å². The standard InChI is InChI=1S/C28H34F2N4O2/c29-23-9-8-21(18-24(23)30)36-27-7-5-6-25-22(27)19-26(32-25)28(35)31-20-10-14-34(15-11-20)17-16-33-12-3-1-2-4-13-33/h5-9,18-20,32H,1-4,10-17H2,(H,31,35). The van der Waals surface area contributed by atoms with E-state index in [1.54, 1.807) is 18.2 Å². The number of hydrogen-bond donors (Lipinski definition) is 2. The molecule has 192 valence electrons. The Balaban J connectivity index is 1.15. The van der Waals surface area contributed by atoms with E-state index in [0.717, 1.165) is 56.7 Å². The second-order valence-electron chi connectivity index (χ2n) is 9.92. The van der Waals surface area contributed by atoms with Gasteiger partial charge in [0, 0.05) is 49.2 Å². The third-order valence-electron chi connectivity index (χ3n) is 7.34. The largest absolute Gasteiger partial charge is 0.457 e. The Bertz CT molecular complexity index is 1180. The minimum atomic E-state index is -0.971. The monoisotopic (exact) mass is 496 g/mol. The van der Waals surface area contributed by atoms with Gasteiger partial charge in [0.15, 0.2) is 11.6 Å². The van der Waals surface area contributed by atoms with Crippen molar-refractivity contribution in [3.63, 3.8) is 0 Å². The van der Waals surface area contributed by atoms with Gasteiger partial charge in [0.2, 0.25) is 0 Å². The van der Waals surface area contributed by atoms with Gasteiger partial charge in [0.1, 0.15) is 17.2 Å². The van der Waals surface area contributed by atoms with Crippen molar-refractivity contribution in [3.05, 3.63) is 59.8 Å². The summed E-state index contributed by atoms with van der Waals surface area (Å²) in [6, 6.07) is 10.7. The maximum absolute atomic E-state index is 13.6. The lowest BCUT2D eigenvalue weighted by Crippen LogP contribution is -2.46. The molecule has 0 bridgehead atoms. The highest BCUT2D eigenvalue weighted by Gasteiger charge is 2.23. The number of nitrogens with one attached hydrogen (secondary N) is 2. The van der Waals surface area contributed by atoms with Crippen molar-refractivity contribution in [2.75, 3.05) is 39.3 Å². The number of ether oxygens (including phenoxy) is 1. The van der Waals surface area contributed by atoms with Crippen molar-refractivity contribution in [1.29, 1.82) is 0 Å². The molecule has 2 N–H and O–H groups in total. The summed E-state index contributed by atoms with van der Waals surface area (Å²) in [7, 11) is 0. The van der Waals surface area contributed by atoms with Crippen LogP contribution in [-0.4, -0.2) is 66.0 Å². The van der Waals surface area contributed by atoms with E-state index in [1.165, 1.54) is 44.8 Å². The second-order valence-corrected chi connectivity index (χ2v) is 9.92. The molecule has 0 spiro atoms. The number of fused-ring (bicyclic) bond motifs is 1. The Morgan fingerprint density at radius 3 is 2.36 bits per heavy atom. The summed E-state index contributed by atoms with van der Waals surface area (Å²) >= 11 is 0. The van der Waals surface area contributed by atoms with Gasteiger partial charge in [-0.3, -0.25) is 4.79 Å². The lowest BCUT2D eigenvalue weighted by Gasteiger charge is -2.33. The number of piperidine rings is 1. The SMILES string of the molecule is O=C(NC1CCN(CCN2CCCCCC2)CC1)c1cc2c(Oc3ccc(F)c(F)c3)cccc2[nH]1. The first-order chi connectivity index (χ1) is 17.5. The van der Waals surface area contributed by atoms with Crippen molar-refractivity contribution in [3.8, 4) is 11.5 Å². The van der Waals surface area contributed by atoms with Crippen LogP contribution in [0.2, 0.25) is 0 Å². The van der Waals surface area contributed by atoms with Crippen molar-refractivity contribution in [2.24, 2.45) is 0 Å². The summed E-state index contributed by atoms with van der Waals surface area (Å²) in [6.45, 7) is 6.69. The predicted molar refractivity (Wildman–Crippen MR) is 137 cm³/mol. The lowest BCUT2D eigenvalue weighted by atomic mass is 10.0. The van der Waals surface area contributed by atoms with Crippen molar-refractivity contribution in [2.45, 2.75) is 44.6 Å². The number of carbonyl (C=O) groups excluding carboxylic acids is 1. The summed E-state index contributed by atoms with van der Waals surface area (Å²) in [5.41, 5.74) is 1.19. The lowest BCUT2D eigenvalue weighted by molar-refractivity contribution is 0.0902. The van der Waals surface area contributed by atoms with Gasteiger partial charge in [0.05, 0.1) is 0 Å². The minimum Gasteiger partial charge on any atom is -0.457 e. The molecule has 1 amide bonds. The highest BCUT2D eigenvalue weighted by molar-refractivity contribution is 5.99. The van der Waals surface area contributed by atoms with Crippen molar-refractivity contribution in [1.82, 2.24) is 20.1 Å². The molecule has 0 radical (unpaired) electrons. The molecule has 3 aromatic rings. The molecule has 1 aromatic heterocycles. The molecule has 8 heteroatoms. The number of H-pyrrole nitrogens is 1. The summed E-state index contributed by atoms with van der Waals surface area (Å²) in [6.07, 6.45) is 7.24. The molecule has 6 nitrogen and oxygen atoms in total. The molecule has 2 saturated heterocycles. The van der Waals surface area contributed by atoms with Crippen LogP contribution in [0.5, 0.6) is 11.5 Å². The van der Waals surface area contributed by atoms with Gasteiger partial charge in [-0.05, 0) is 69.1 Å². The smallest absolute Gasteiger partial charge is 0.267 e. The molecule has 0 aliphatic carbocycles. The minimum absolute atomic E-state index is 0.145. The number of aromatic amines is 1. The topological polar surface area (TPSA) is 60.6 Å². The van der Waals surface area contributed by atoms with E-state index >= 15 is 0 Å². The number of benzene rings is 2. The van der Waals surface area contributed by atoms with Gasteiger partial charge < -0.3 is 24.8 Å². The van der Waals surface area contributed by atoms with Crippen LogP contribution in [0, 0.1) is 11.6 Å². The quantitative estimate of drug-likeness (QED) is 0.466. The third kappa shape index (κ3) is 6.05. The van der Waals surface area contributed by atoms with Gasteiger partial charge in [-0.25, -0.2) is 8.78 Å². The molecule has 2 aliphatic rings. The zero-order valence-corrected chi connectivity index (χ0v) is 20.6. The first kappa shape index (κ1) is 24.7. The molecular weight excluding hydrogens is 462 g/mol. The van der Waals surface area contributed by atoms with Gasteiger partial charge in [0.25, 0.3) is 5.91 Å². The second kappa shape index (κ2) is 11.4. The first-order valence-corrected chi connectivity index (χ1v) is 13.1. The zero-order chi connectivity index (χ0) is 24.9. The normalized spacial score (nSPS) is 18.3. The van der Waals surface area contributed by atoms with Crippen LogP contribution in [0.25, 0.3) is 10.9 Å². The number of likely N-dealkylation sites (tertiary alicyclic amines) is 2. The molecule has 36 heavy (non-hydrogen) atoms. The van der Waals surface area contributed by atoms with Crippen LogP contribution in [0.4, 0.5) is 8.78 Å². The number of amides is 1. The summed E-state index contributed by atoms with van der Waals surface area (Å²) < 4.78 is 32.6. The summed E-state index contributed by atoms with van der Waals surface area (Å²) in [5, 5.41) is 3.88. The van der Waals surface area contributed by atoms with Crippen LogP contribution in [0.1, 0.15) is 49.0 Å². The van der Waals surface area contributed by atoms with Gasteiger partial charge in [-0.15, -0.1) is 0 Å². The molecule has 2 aliphatic heterocycles. The average Bonchev–Trinajstić information content (AvgIpc) is 3.16. The fourth-order valence-electron chi connectivity index (χ4n) is 5.21. The van der Waals surface area contributed by atoms with Gasteiger partial charge >= 0.3 is 0 Å². The zero-order valence-electron chi connectivity index (χ0n) is 20.6. The molecule has 2 fully saturated rings. The number of hydrogen-bond acceptors (Lipinski definition) is 4. The first-order valence-electron chi connectivity index (χ1n) is 13.1. The summed E-state index contributed by atoms with van der Waals surface area (Å²) in [4.78, 5) is 21.3. The number of rotatable bonds is 7. The Hall–Kier alpha value is -2.97. The Kier molecular flexibility index (Phi) is 7.82. The van der Waals surface area contributed by atoms with E-state index in [9.17, 15) is 13.6 Å². The highest BCUT2D eigenvalue weighted by Crippen LogP contribution is 2.31. The molecule has 2 aromatic carbocycles.